The molecule has 4 aromatic carbocycles. The van der Waals surface area contributed by atoms with E-state index in [1.807, 2.05) is 6.92 Å². The first kappa shape index (κ1) is 27.3. The van der Waals surface area contributed by atoms with Crippen LogP contribution in [0.1, 0.15) is 22.8 Å². The van der Waals surface area contributed by atoms with Gasteiger partial charge >= 0.3 is 0 Å². The molecule has 196 valence electrons. The fourth-order valence-electron chi connectivity index (χ4n) is 3.71. The lowest BCUT2D eigenvalue weighted by Gasteiger charge is -2.13. The van der Waals surface area contributed by atoms with Crippen molar-refractivity contribution >= 4 is 67.1 Å². The van der Waals surface area contributed by atoms with E-state index in [0.29, 0.717) is 34.4 Å². The number of benzene rings is 4. The predicted octanol–water partition coefficient (Wildman–Crippen LogP) is 7.47. The monoisotopic (exact) mass is 573 g/mol. The van der Waals surface area contributed by atoms with E-state index in [0.717, 1.165) is 0 Å². The van der Waals surface area contributed by atoms with E-state index in [4.69, 9.17) is 27.9 Å². The van der Waals surface area contributed by atoms with Gasteiger partial charge in [-0.05, 0) is 49.1 Å². The van der Waals surface area contributed by atoms with Gasteiger partial charge in [0.15, 0.2) is 5.75 Å². The summed E-state index contributed by atoms with van der Waals surface area (Å²) in [4.78, 5) is 12.6. The number of amides is 1. The molecule has 0 atom stereocenters. The summed E-state index contributed by atoms with van der Waals surface area (Å²) in [5.41, 5.74) is 0.229. The molecule has 4 aromatic rings. The van der Waals surface area contributed by atoms with Crippen LogP contribution in [0.3, 0.4) is 0 Å². The SMILES string of the molecule is CCOc1ccc(NC(=O)c2cc3ccccc3c(N=Nc3ccc(C)c(Cl)c3S(=O)(=O)O)c2O)c(Cl)c1. The van der Waals surface area contributed by atoms with Crippen molar-refractivity contribution in [3.05, 3.63) is 81.8 Å². The molecule has 0 aliphatic rings. The van der Waals surface area contributed by atoms with Gasteiger partial charge in [0.2, 0.25) is 0 Å². The smallest absolute Gasteiger partial charge is 0.298 e. The third-order valence-corrected chi connectivity index (χ3v) is 7.37. The summed E-state index contributed by atoms with van der Waals surface area (Å²) < 4.78 is 39.0. The molecular formula is C26H21Cl2N3O6S. The van der Waals surface area contributed by atoms with Gasteiger partial charge in [-0.2, -0.15) is 8.42 Å². The van der Waals surface area contributed by atoms with Gasteiger partial charge in [-0.3, -0.25) is 9.35 Å². The molecule has 0 aromatic heterocycles. The van der Waals surface area contributed by atoms with Crippen LogP contribution in [-0.2, 0) is 10.1 Å². The van der Waals surface area contributed by atoms with E-state index < -0.39 is 26.7 Å². The number of ether oxygens (including phenoxy) is 1. The molecule has 0 aliphatic carbocycles. The van der Waals surface area contributed by atoms with Crippen LogP contribution in [0.15, 0.2) is 75.8 Å². The Hall–Kier alpha value is -3.70. The van der Waals surface area contributed by atoms with Gasteiger partial charge in [-0.25, -0.2) is 0 Å². The van der Waals surface area contributed by atoms with Crippen molar-refractivity contribution in [2.45, 2.75) is 18.7 Å². The van der Waals surface area contributed by atoms with Crippen molar-refractivity contribution in [2.75, 3.05) is 11.9 Å². The van der Waals surface area contributed by atoms with Crippen LogP contribution in [0.5, 0.6) is 11.5 Å². The molecule has 38 heavy (non-hydrogen) atoms. The van der Waals surface area contributed by atoms with Gasteiger partial charge in [0.05, 0.1) is 27.9 Å². The van der Waals surface area contributed by atoms with E-state index in [9.17, 15) is 22.9 Å². The molecule has 9 nitrogen and oxygen atoms in total. The van der Waals surface area contributed by atoms with Crippen molar-refractivity contribution in [3.8, 4) is 11.5 Å². The molecule has 0 radical (unpaired) electrons. The van der Waals surface area contributed by atoms with E-state index in [1.165, 1.54) is 18.2 Å². The first-order chi connectivity index (χ1) is 18.0. The van der Waals surface area contributed by atoms with Crippen LogP contribution in [0, 0.1) is 6.92 Å². The highest BCUT2D eigenvalue weighted by Gasteiger charge is 2.23. The molecule has 0 fully saturated rings. The fourth-order valence-corrected chi connectivity index (χ4v) is 5.14. The van der Waals surface area contributed by atoms with E-state index in [1.54, 1.807) is 49.4 Å². The Morgan fingerprint density at radius 2 is 1.79 bits per heavy atom. The number of anilines is 1. The summed E-state index contributed by atoms with van der Waals surface area (Å²) in [6.45, 7) is 3.85. The van der Waals surface area contributed by atoms with Crippen LogP contribution in [-0.4, -0.2) is 30.6 Å². The molecule has 12 heteroatoms. The Morgan fingerprint density at radius 1 is 1.05 bits per heavy atom. The van der Waals surface area contributed by atoms with E-state index >= 15 is 0 Å². The van der Waals surface area contributed by atoms with Crippen molar-refractivity contribution in [3.63, 3.8) is 0 Å². The van der Waals surface area contributed by atoms with Crippen LogP contribution < -0.4 is 10.1 Å². The highest BCUT2D eigenvalue weighted by Crippen LogP contribution is 2.41. The number of hydrogen-bond acceptors (Lipinski definition) is 7. The van der Waals surface area contributed by atoms with Crippen molar-refractivity contribution < 1.29 is 27.6 Å². The molecule has 0 spiro atoms. The van der Waals surface area contributed by atoms with Crippen molar-refractivity contribution in [1.82, 2.24) is 0 Å². The zero-order chi connectivity index (χ0) is 27.6. The van der Waals surface area contributed by atoms with Crippen LogP contribution in [0.2, 0.25) is 10.0 Å². The molecule has 0 saturated carbocycles. The first-order valence-electron chi connectivity index (χ1n) is 11.2. The molecular weight excluding hydrogens is 553 g/mol. The van der Waals surface area contributed by atoms with Crippen molar-refractivity contribution in [1.29, 1.82) is 0 Å². The number of nitrogens with one attached hydrogen (secondary N) is 1. The van der Waals surface area contributed by atoms with Crippen LogP contribution >= 0.6 is 23.2 Å². The minimum absolute atomic E-state index is 0.0935. The van der Waals surface area contributed by atoms with E-state index in [2.05, 4.69) is 15.5 Å². The van der Waals surface area contributed by atoms with E-state index in [-0.39, 0.29) is 27.0 Å². The Kier molecular flexibility index (Phi) is 7.89. The maximum absolute atomic E-state index is 13.2. The average Bonchev–Trinajstić information content (AvgIpc) is 2.86. The standard InChI is InChI=1S/C26H21Cl2N3O6S/c1-3-37-16-9-11-20(19(27)13-16)29-26(33)18-12-15-6-4-5-7-17(15)23(24(18)32)31-30-21-10-8-14(2)22(28)25(21)38(34,35)36/h4-13,32H,3H2,1-2H3,(H,29,33)(H,34,35,36). The lowest BCUT2D eigenvalue weighted by atomic mass is 10.0. The van der Waals surface area contributed by atoms with Crippen LogP contribution in [0.25, 0.3) is 10.8 Å². The number of hydrogen-bond donors (Lipinski definition) is 3. The Bertz CT molecular complexity index is 1710. The molecule has 0 bridgehead atoms. The molecule has 3 N–H and O–H groups in total. The van der Waals surface area contributed by atoms with Gasteiger partial charge < -0.3 is 15.2 Å². The number of rotatable bonds is 7. The van der Waals surface area contributed by atoms with Gasteiger partial charge in [0.1, 0.15) is 22.0 Å². The number of carbonyl (C=O) groups excluding carboxylic acids is 1. The second kappa shape index (κ2) is 11.0. The summed E-state index contributed by atoms with van der Waals surface area (Å²) in [7, 11) is -4.74. The second-order valence-electron chi connectivity index (χ2n) is 8.09. The van der Waals surface area contributed by atoms with Gasteiger partial charge in [0.25, 0.3) is 16.0 Å². The van der Waals surface area contributed by atoms with Gasteiger partial charge in [0, 0.05) is 11.5 Å². The number of fused-ring (bicyclic) bond motifs is 1. The topological polar surface area (TPSA) is 138 Å². The average molecular weight is 574 g/mol. The van der Waals surface area contributed by atoms with Gasteiger partial charge in [-0.15, -0.1) is 10.2 Å². The lowest BCUT2D eigenvalue weighted by molar-refractivity contribution is 0.102. The number of carbonyl (C=O) groups is 1. The minimum Gasteiger partial charge on any atom is -0.505 e. The number of azo groups is 1. The summed E-state index contributed by atoms with van der Waals surface area (Å²) in [5, 5.41) is 22.8. The zero-order valence-electron chi connectivity index (χ0n) is 20.1. The third kappa shape index (κ3) is 5.58. The molecule has 0 saturated heterocycles. The number of aromatic hydroxyl groups is 1. The highest BCUT2D eigenvalue weighted by atomic mass is 35.5. The predicted molar refractivity (Wildman–Crippen MR) is 146 cm³/mol. The number of phenolic OH excluding ortho intramolecular Hbond substituents is 1. The fraction of sp³-hybridized carbons (Fsp3) is 0.115. The second-order valence-corrected chi connectivity index (χ2v) is 10.2. The summed E-state index contributed by atoms with van der Waals surface area (Å²) in [5.74, 6) is -0.640. The lowest BCUT2D eigenvalue weighted by Crippen LogP contribution is -2.12. The Labute approximate surface area is 228 Å². The Morgan fingerprint density at radius 3 is 2.47 bits per heavy atom. The summed E-state index contributed by atoms with van der Waals surface area (Å²) >= 11 is 12.4. The number of aryl methyl sites for hydroxylation is 1. The molecule has 1 amide bonds. The number of nitrogens with zero attached hydrogens (tertiary/aromatic N) is 2. The third-order valence-electron chi connectivity index (χ3n) is 5.52. The Balaban J connectivity index is 1.80. The number of halogens is 2. The van der Waals surface area contributed by atoms with Crippen molar-refractivity contribution in [2.24, 2.45) is 10.2 Å². The van der Waals surface area contributed by atoms with Gasteiger partial charge in [-0.1, -0.05) is 53.5 Å². The largest absolute Gasteiger partial charge is 0.505 e. The minimum atomic E-state index is -4.74. The summed E-state index contributed by atoms with van der Waals surface area (Å²) in [6.07, 6.45) is 0. The highest BCUT2D eigenvalue weighted by molar-refractivity contribution is 7.86. The molecule has 4 rings (SSSR count). The quantitative estimate of drug-likeness (QED) is 0.155. The maximum Gasteiger partial charge on any atom is 0.298 e. The molecule has 0 aliphatic heterocycles. The summed E-state index contributed by atoms with van der Waals surface area (Å²) in [6, 6.07) is 15.9. The maximum atomic E-state index is 13.2. The van der Waals surface area contributed by atoms with Crippen LogP contribution in [0.4, 0.5) is 17.1 Å². The number of phenols is 1. The zero-order valence-corrected chi connectivity index (χ0v) is 22.4. The normalized spacial score (nSPS) is 11.7. The molecule has 0 unspecified atom stereocenters. The first-order valence-corrected chi connectivity index (χ1v) is 13.4. The molecule has 0 heterocycles.